The number of amides is 3. The van der Waals surface area contributed by atoms with Crippen LogP contribution in [0.2, 0.25) is 0 Å². The number of rotatable bonds is 6. The highest BCUT2D eigenvalue weighted by atomic mass is 79.9. The largest absolute Gasteiger partial charge is 0.356 e. The van der Waals surface area contributed by atoms with Crippen LogP contribution in [-0.4, -0.2) is 56.0 Å². The van der Waals surface area contributed by atoms with E-state index in [2.05, 4.69) is 61.1 Å². The van der Waals surface area contributed by atoms with Gasteiger partial charge in [0.15, 0.2) is 5.96 Å². The molecular weight excluding hydrogens is 410 g/mol. The molecule has 3 N–H and O–H groups in total. The molecule has 1 aromatic rings. The van der Waals surface area contributed by atoms with E-state index in [0.29, 0.717) is 19.0 Å². The van der Waals surface area contributed by atoms with E-state index in [1.807, 2.05) is 0 Å². The molecule has 2 fully saturated rings. The van der Waals surface area contributed by atoms with E-state index in [0.717, 1.165) is 23.9 Å². The molecule has 2 aliphatic rings. The van der Waals surface area contributed by atoms with Gasteiger partial charge in [-0.1, -0.05) is 40.9 Å². The standard InChI is InChI=1S/C19H26BrN5O2/c1-21-17(22-10-11-25-16(26)12-23-18(25)27)24-13-19(8-2-3-9-19)14-4-6-15(20)7-5-14/h4-7H,2-3,8-13H2,1H3,(H,23,27)(H2,21,22,24). The molecule has 7 nitrogen and oxygen atoms in total. The first-order chi connectivity index (χ1) is 13.0. The van der Waals surface area contributed by atoms with Crippen molar-refractivity contribution in [2.45, 2.75) is 31.1 Å². The second-order valence-corrected chi connectivity index (χ2v) is 7.97. The molecule has 1 aliphatic heterocycles. The minimum atomic E-state index is -0.329. The normalized spacial score (nSPS) is 19.3. The maximum Gasteiger partial charge on any atom is 0.324 e. The average Bonchev–Trinajstić information content (AvgIpc) is 3.27. The van der Waals surface area contributed by atoms with Crippen LogP contribution < -0.4 is 16.0 Å². The minimum Gasteiger partial charge on any atom is -0.356 e. The number of aliphatic imine (C=N–C) groups is 1. The molecule has 0 radical (unpaired) electrons. The molecule has 27 heavy (non-hydrogen) atoms. The van der Waals surface area contributed by atoms with Gasteiger partial charge < -0.3 is 16.0 Å². The minimum absolute atomic E-state index is 0.0848. The third kappa shape index (κ3) is 4.61. The maximum absolute atomic E-state index is 11.6. The van der Waals surface area contributed by atoms with Crippen LogP contribution >= 0.6 is 15.9 Å². The van der Waals surface area contributed by atoms with Gasteiger partial charge in [0, 0.05) is 36.6 Å². The summed E-state index contributed by atoms with van der Waals surface area (Å²) < 4.78 is 1.09. The van der Waals surface area contributed by atoms with Gasteiger partial charge in [0.1, 0.15) is 0 Å². The number of carbonyl (C=O) groups is 2. The van der Waals surface area contributed by atoms with Crippen molar-refractivity contribution in [3.8, 4) is 0 Å². The van der Waals surface area contributed by atoms with Crippen molar-refractivity contribution in [2.75, 3.05) is 33.2 Å². The Bertz CT molecular complexity index is 697. The topological polar surface area (TPSA) is 85.8 Å². The van der Waals surface area contributed by atoms with E-state index < -0.39 is 0 Å². The third-order valence-electron chi connectivity index (χ3n) is 5.40. The van der Waals surface area contributed by atoms with E-state index >= 15 is 0 Å². The molecule has 3 rings (SSSR count). The molecule has 1 saturated heterocycles. The predicted octanol–water partition coefficient (Wildman–Crippen LogP) is 1.98. The summed E-state index contributed by atoms with van der Waals surface area (Å²) >= 11 is 3.51. The molecule has 1 saturated carbocycles. The van der Waals surface area contributed by atoms with E-state index in [-0.39, 0.29) is 23.9 Å². The summed E-state index contributed by atoms with van der Waals surface area (Å²) in [5, 5.41) is 9.15. The van der Waals surface area contributed by atoms with Crippen LogP contribution in [-0.2, 0) is 10.2 Å². The van der Waals surface area contributed by atoms with Crippen LogP contribution in [0.15, 0.2) is 33.7 Å². The Morgan fingerprint density at radius 1 is 1.22 bits per heavy atom. The molecule has 1 heterocycles. The van der Waals surface area contributed by atoms with Gasteiger partial charge in [0.2, 0.25) is 5.91 Å². The zero-order chi connectivity index (χ0) is 19.3. The van der Waals surface area contributed by atoms with Gasteiger partial charge in [0.05, 0.1) is 6.54 Å². The molecule has 0 atom stereocenters. The molecule has 0 spiro atoms. The summed E-state index contributed by atoms with van der Waals surface area (Å²) in [6.07, 6.45) is 4.77. The number of guanidine groups is 1. The van der Waals surface area contributed by atoms with Crippen LogP contribution in [0.5, 0.6) is 0 Å². The first kappa shape index (κ1) is 19.7. The van der Waals surface area contributed by atoms with Gasteiger partial charge in [0.25, 0.3) is 0 Å². The number of hydrogen-bond donors (Lipinski definition) is 3. The molecule has 3 amide bonds. The maximum atomic E-state index is 11.6. The van der Waals surface area contributed by atoms with Crippen LogP contribution in [0.1, 0.15) is 31.2 Å². The van der Waals surface area contributed by atoms with Gasteiger partial charge in [-0.05, 0) is 30.5 Å². The van der Waals surface area contributed by atoms with Crippen molar-refractivity contribution >= 4 is 33.8 Å². The summed E-state index contributed by atoms with van der Waals surface area (Å²) in [7, 11) is 1.73. The van der Waals surface area contributed by atoms with Crippen molar-refractivity contribution in [1.82, 2.24) is 20.9 Å². The van der Waals surface area contributed by atoms with Crippen LogP contribution in [0.4, 0.5) is 4.79 Å². The molecule has 146 valence electrons. The van der Waals surface area contributed by atoms with Crippen molar-refractivity contribution in [3.63, 3.8) is 0 Å². The van der Waals surface area contributed by atoms with Crippen molar-refractivity contribution < 1.29 is 9.59 Å². The third-order valence-corrected chi connectivity index (χ3v) is 5.93. The highest BCUT2D eigenvalue weighted by molar-refractivity contribution is 9.10. The Labute approximate surface area is 168 Å². The number of nitrogens with zero attached hydrogens (tertiary/aromatic N) is 2. The molecule has 8 heteroatoms. The first-order valence-corrected chi connectivity index (χ1v) is 10.1. The molecule has 0 unspecified atom stereocenters. The molecular formula is C19H26BrN5O2. The Balaban J connectivity index is 1.55. The SMILES string of the molecule is CN=C(NCCN1C(=O)CNC1=O)NCC1(c2ccc(Br)cc2)CCCC1. The molecule has 0 bridgehead atoms. The average molecular weight is 436 g/mol. The lowest BCUT2D eigenvalue weighted by Gasteiger charge is -2.31. The first-order valence-electron chi connectivity index (χ1n) is 9.33. The summed E-state index contributed by atoms with van der Waals surface area (Å²) in [5.41, 5.74) is 1.47. The summed E-state index contributed by atoms with van der Waals surface area (Å²) in [6, 6.07) is 8.27. The quantitative estimate of drug-likeness (QED) is 0.362. The lowest BCUT2D eigenvalue weighted by molar-refractivity contribution is -0.124. The zero-order valence-corrected chi connectivity index (χ0v) is 17.1. The number of benzene rings is 1. The van der Waals surface area contributed by atoms with Crippen LogP contribution in [0.25, 0.3) is 0 Å². The number of hydrogen-bond acceptors (Lipinski definition) is 3. The Morgan fingerprint density at radius 3 is 2.52 bits per heavy atom. The Hall–Kier alpha value is -2.09. The summed E-state index contributed by atoms with van der Waals surface area (Å²) in [5.74, 6) is 0.496. The Kier molecular flexibility index (Phi) is 6.36. The van der Waals surface area contributed by atoms with Gasteiger partial charge in [-0.3, -0.25) is 14.7 Å². The van der Waals surface area contributed by atoms with E-state index in [1.165, 1.54) is 23.3 Å². The van der Waals surface area contributed by atoms with E-state index in [1.54, 1.807) is 7.05 Å². The summed E-state index contributed by atoms with van der Waals surface area (Å²) in [6.45, 7) is 1.67. The Morgan fingerprint density at radius 2 is 1.93 bits per heavy atom. The van der Waals surface area contributed by atoms with Crippen molar-refractivity contribution in [1.29, 1.82) is 0 Å². The highest BCUT2D eigenvalue weighted by Gasteiger charge is 2.35. The lowest BCUT2D eigenvalue weighted by Crippen LogP contribution is -2.47. The number of urea groups is 1. The predicted molar refractivity (Wildman–Crippen MR) is 109 cm³/mol. The monoisotopic (exact) mass is 435 g/mol. The van der Waals surface area contributed by atoms with Crippen LogP contribution in [0, 0.1) is 0 Å². The number of imide groups is 1. The zero-order valence-electron chi connectivity index (χ0n) is 15.6. The molecule has 1 aromatic carbocycles. The second-order valence-electron chi connectivity index (χ2n) is 7.05. The smallest absolute Gasteiger partial charge is 0.324 e. The number of halogens is 1. The van der Waals surface area contributed by atoms with Gasteiger partial charge >= 0.3 is 6.03 Å². The highest BCUT2D eigenvalue weighted by Crippen LogP contribution is 2.40. The second kappa shape index (κ2) is 8.73. The number of nitrogens with one attached hydrogen (secondary N) is 3. The van der Waals surface area contributed by atoms with E-state index in [9.17, 15) is 9.59 Å². The van der Waals surface area contributed by atoms with Crippen molar-refractivity contribution in [2.24, 2.45) is 4.99 Å². The van der Waals surface area contributed by atoms with Gasteiger partial charge in [-0.15, -0.1) is 0 Å². The summed E-state index contributed by atoms with van der Waals surface area (Å²) in [4.78, 5) is 28.7. The van der Waals surface area contributed by atoms with Crippen LogP contribution in [0.3, 0.4) is 0 Å². The molecule has 0 aromatic heterocycles. The fourth-order valence-electron chi connectivity index (χ4n) is 3.86. The van der Waals surface area contributed by atoms with Gasteiger partial charge in [-0.2, -0.15) is 0 Å². The fraction of sp³-hybridized carbons (Fsp3) is 0.526. The number of carbonyl (C=O) groups excluding carboxylic acids is 2. The van der Waals surface area contributed by atoms with Crippen molar-refractivity contribution in [3.05, 3.63) is 34.3 Å². The fourth-order valence-corrected chi connectivity index (χ4v) is 4.13. The lowest BCUT2D eigenvalue weighted by atomic mass is 9.79. The molecule has 1 aliphatic carbocycles. The van der Waals surface area contributed by atoms with Gasteiger partial charge in [-0.25, -0.2) is 4.79 Å². The van der Waals surface area contributed by atoms with E-state index in [4.69, 9.17) is 0 Å².